The number of aromatic nitrogens is 2. The van der Waals surface area contributed by atoms with Crippen LogP contribution < -0.4 is 10.6 Å². The Balaban J connectivity index is 1.53. The van der Waals surface area contributed by atoms with E-state index in [2.05, 4.69) is 20.2 Å². The van der Waals surface area contributed by atoms with Crippen molar-refractivity contribution in [2.75, 3.05) is 11.9 Å². The molecule has 0 unspecified atom stereocenters. The molecule has 0 atom stereocenters. The zero-order chi connectivity index (χ0) is 16.1. The van der Waals surface area contributed by atoms with Crippen LogP contribution in [0.2, 0.25) is 0 Å². The standard InChI is InChI=1S/C15H12N4O2S2/c20-14(7-16-15(21)11-5-6-22-8-11)17-12-3-1-10(2-4-12)13-9-23-19-18-13/h1-6,8-9H,7H2,(H,16,21)(H,17,20). The zero-order valence-electron chi connectivity index (χ0n) is 11.9. The van der Waals surface area contributed by atoms with Crippen molar-refractivity contribution in [3.63, 3.8) is 0 Å². The molecule has 2 aromatic heterocycles. The number of benzene rings is 1. The lowest BCUT2D eigenvalue weighted by molar-refractivity contribution is -0.115. The monoisotopic (exact) mass is 344 g/mol. The molecule has 0 aliphatic rings. The van der Waals surface area contributed by atoms with Crippen LogP contribution in [0.3, 0.4) is 0 Å². The van der Waals surface area contributed by atoms with E-state index in [1.807, 2.05) is 22.9 Å². The Morgan fingerprint density at radius 3 is 2.57 bits per heavy atom. The molecule has 8 heteroatoms. The highest BCUT2D eigenvalue weighted by atomic mass is 32.1. The molecule has 3 rings (SSSR count). The third-order valence-corrected chi connectivity index (χ3v) is 4.21. The summed E-state index contributed by atoms with van der Waals surface area (Å²) >= 11 is 2.72. The molecule has 0 aliphatic heterocycles. The molecule has 0 saturated heterocycles. The van der Waals surface area contributed by atoms with E-state index in [1.165, 1.54) is 22.9 Å². The van der Waals surface area contributed by atoms with Gasteiger partial charge >= 0.3 is 0 Å². The quantitative estimate of drug-likeness (QED) is 0.745. The number of hydrogen-bond acceptors (Lipinski definition) is 6. The smallest absolute Gasteiger partial charge is 0.252 e. The fraction of sp³-hybridized carbons (Fsp3) is 0.0667. The van der Waals surface area contributed by atoms with Gasteiger partial charge in [0.15, 0.2) is 0 Å². The van der Waals surface area contributed by atoms with Crippen molar-refractivity contribution in [2.45, 2.75) is 0 Å². The number of hydrogen-bond donors (Lipinski definition) is 2. The maximum atomic E-state index is 11.9. The van der Waals surface area contributed by atoms with Gasteiger partial charge in [-0.25, -0.2) is 0 Å². The van der Waals surface area contributed by atoms with Crippen LogP contribution in [0.25, 0.3) is 11.3 Å². The highest BCUT2D eigenvalue weighted by Gasteiger charge is 2.08. The summed E-state index contributed by atoms with van der Waals surface area (Å²) in [5.41, 5.74) is 2.95. The molecular formula is C15H12N4O2S2. The molecule has 2 N–H and O–H groups in total. The second-order valence-electron chi connectivity index (χ2n) is 4.61. The predicted molar refractivity (Wildman–Crippen MR) is 90.6 cm³/mol. The maximum absolute atomic E-state index is 11.9. The van der Waals surface area contributed by atoms with Crippen LogP contribution in [-0.4, -0.2) is 27.9 Å². The number of nitrogens with one attached hydrogen (secondary N) is 2. The van der Waals surface area contributed by atoms with Crippen LogP contribution in [0.4, 0.5) is 5.69 Å². The first-order valence-corrected chi connectivity index (χ1v) is 8.48. The molecule has 0 fully saturated rings. The average Bonchev–Trinajstić information content (AvgIpc) is 3.26. The molecule has 0 saturated carbocycles. The number of amides is 2. The van der Waals surface area contributed by atoms with Crippen molar-refractivity contribution in [3.8, 4) is 11.3 Å². The number of nitrogens with zero attached hydrogens (tertiary/aromatic N) is 2. The molecule has 0 aliphatic carbocycles. The summed E-state index contributed by atoms with van der Waals surface area (Å²) in [6, 6.07) is 9.00. The molecule has 6 nitrogen and oxygen atoms in total. The van der Waals surface area contributed by atoms with E-state index in [0.29, 0.717) is 11.3 Å². The fourth-order valence-corrected chi connectivity index (χ4v) is 2.98. The lowest BCUT2D eigenvalue weighted by Gasteiger charge is -2.07. The van der Waals surface area contributed by atoms with E-state index < -0.39 is 0 Å². The van der Waals surface area contributed by atoms with Gasteiger partial charge in [0, 0.05) is 27.6 Å². The molecule has 0 spiro atoms. The number of carbonyl (C=O) groups excluding carboxylic acids is 2. The van der Waals surface area contributed by atoms with E-state index in [9.17, 15) is 9.59 Å². The predicted octanol–water partition coefficient (Wildman–Crippen LogP) is 2.64. The topological polar surface area (TPSA) is 84.0 Å². The minimum absolute atomic E-state index is 0.0769. The third kappa shape index (κ3) is 3.99. The van der Waals surface area contributed by atoms with Crippen molar-refractivity contribution in [3.05, 3.63) is 52.0 Å². The third-order valence-electron chi connectivity index (χ3n) is 3.02. The van der Waals surface area contributed by atoms with Gasteiger partial charge in [-0.2, -0.15) is 11.3 Å². The largest absolute Gasteiger partial charge is 0.343 e. The van der Waals surface area contributed by atoms with Crippen molar-refractivity contribution < 1.29 is 9.59 Å². The maximum Gasteiger partial charge on any atom is 0.252 e. The second kappa shape index (κ2) is 7.12. The highest BCUT2D eigenvalue weighted by Crippen LogP contribution is 2.19. The van der Waals surface area contributed by atoms with Crippen LogP contribution >= 0.6 is 22.9 Å². The average molecular weight is 344 g/mol. The molecular weight excluding hydrogens is 332 g/mol. The molecule has 3 aromatic rings. The Morgan fingerprint density at radius 2 is 1.91 bits per heavy atom. The van der Waals surface area contributed by atoms with Gasteiger partial charge in [0.1, 0.15) is 5.69 Å². The van der Waals surface area contributed by atoms with Gasteiger partial charge in [-0.3, -0.25) is 9.59 Å². The van der Waals surface area contributed by atoms with Crippen molar-refractivity contribution in [1.29, 1.82) is 0 Å². The Kier molecular flexibility index (Phi) is 4.74. The van der Waals surface area contributed by atoms with E-state index in [-0.39, 0.29) is 18.4 Å². The summed E-state index contributed by atoms with van der Waals surface area (Å²) in [6.45, 7) is -0.0769. The van der Waals surface area contributed by atoms with Crippen molar-refractivity contribution in [2.24, 2.45) is 0 Å². The van der Waals surface area contributed by atoms with E-state index in [4.69, 9.17) is 0 Å². The summed E-state index contributed by atoms with van der Waals surface area (Å²) in [6.07, 6.45) is 0. The minimum Gasteiger partial charge on any atom is -0.343 e. The van der Waals surface area contributed by atoms with Gasteiger partial charge in [0.05, 0.1) is 6.54 Å². The van der Waals surface area contributed by atoms with Crippen LogP contribution in [0.5, 0.6) is 0 Å². The lowest BCUT2D eigenvalue weighted by Crippen LogP contribution is -2.32. The van der Waals surface area contributed by atoms with Gasteiger partial charge in [-0.1, -0.05) is 16.6 Å². The molecule has 116 valence electrons. The Labute approximate surface area is 140 Å². The Hall–Kier alpha value is -2.58. The molecule has 0 bridgehead atoms. The minimum atomic E-state index is -0.281. The van der Waals surface area contributed by atoms with Gasteiger partial charge in [-0.15, -0.1) is 5.10 Å². The summed E-state index contributed by atoms with van der Waals surface area (Å²) in [5.74, 6) is -0.538. The van der Waals surface area contributed by atoms with E-state index >= 15 is 0 Å². The van der Waals surface area contributed by atoms with Gasteiger partial charge < -0.3 is 10.6 Å². The number of rotatable bonds is 5. The molecule has 1 aromatic carbocycles. The number of anilines is 1. The molecule has 2 amide bonds. The molecule has 2 heterocycles. The highest BCUT2D eigenvalue weighted by molar-refractivity contribution is 7.08. The van der Waals surface area contributed by atoms with Gasteiger partial charge in [-0.05, 0) is 35.1 Å². The fourth-order valence-electron chi connectivity index (χ4n) is 1.88. The Bertz CT molecular complexity index is 784. The van der Waals surface area contributed by atoms with Crippen LogP contribution in [0, 0.1) is 0 Å². The van der Waals surface area contributed by atoms with Gasteiger partial charge in [0.2, 0.25) is 5.91 Å². The molecule has 23 heavy (non-hydrogen) atoms. The van der Waals surface area contributed by atoms with Crippen molar-refractivity contribution in [1.82, 2.24) is 14.9 Å². The van der Waals surface area contributed by atoms with E-state index in [1.54, 1.807) is 23.6 Å². The van der Waals surface area contributed by atoms with Gasteiger partial charge in [0.25, 0.3) is 5.91 Å². The Morgan fingerprint density at radius 1 is 1.09 bits per heavy atom. The summed E-state index contributed by atoms with van der Waals surface area (Å²) in [4.78, 5) is 23.6. The molecule has 0 radical (unpaired) electrons. The lowest BCUT2D eigenvalue weighted by atomic mass is 10.1. The second-order valence-corrected chi connectivity index (χ2v) is 6.00. The summed E-state index contributed by atoms with van der Waals surface area (Å²) < 4.78 is 3.81. The van der Waals surface area contributed by atoms with Crippen LogP contribution in [0.1, 0.15) is 10.4 Å². The first kappa shape index (κ1) is 15.3. The number of thiophene rings is 1. The SMILES string of the molecule is O=C(CNC(=O)c1ccsc1)Nc1ccc(-c2csnn2)cc1. The first-order valence-electron chi connectivity index (χ1n) is 6.70. The van der Waals surface area contributed by atoms with Crippen LogP contribution in [0.15, 0.2) is 46.5 Å². The number of carbonyl (C=O) groups is 2. The normalized spacial score (nSPS) is 10.3. The first-order chi connectivity index (χ1) is 11.2. The van der Waals surface area contributed by atoms with Crippen molar-refractivity contribution >= 4 is 40.4 Å². The summed E-state index contributed by atoms with van der Waals surface area (Å²) in [7, 11) is 0. The summed E-state index contributed by atoms with van der Waals surface area (Å²) in [5, 5.41) is 14.7. The zero-order valence-corrected chi connectivity index (χ0v) is 13.5. The van der Waals surface area contributed by atoms with E-state index in [0.717, 1.165) is 11.3 Å². The van der Waals surface area contributed by atoms with Crippen LogP contribution in [-0.2, 0) is 4.79 Å².